The number of hydrogen-bond acceptors (Lipinski definition) is 4. The summed E-state index contributed by atoms with van der Waals surface area (Å²) in [7, 11) is 1.55. The van der Waals surface area contributed by atoms with E-state index in [-0.39, 0.29) is 0 Å². The number of carbonyl (C=O) groups excluding carboxylic acids is 2. The SMILES string of the molecule is COCCNC(=O)C(=O)NCC1CCN(CCc2ccccc2)CC1. The zero-order valence-electron chi connectivity index (χ0n) is 15.0. The van der Waals surface area contributed by atoms with E-state index in [4.69, 9.17) is 4.74 Å². The Labute approximate surface area is 149 Å². The Morgan fingerprint density at radius 3 is 2.48 bits per heavy atom. The lowest BCUT2D eigenvalue weighted by Gasteiger charge is -2.32. The molecule has 25 heavy (non-hydrogen) atoms. The molecule has 2 amide bonds. The van der Waals surface area contributed by atoms with Crippen LogP contribution in [0.15, 0.2) is 30.3 Å². The van der Waals surface area contributed by atoms with Gasteiger partial charge in [-0.05, 0) is 43.8 Å². The van der Waals surface area contributed by atoms with Gasteiger partial charge in [-0.1, -0.05) is 30.3 Å². The first-order valence-corrected chi connectivity index (χ1v) is 9.00. The van der Waals surface area contributed by atoms with Crippen LogP contribution in [0.1, 0.15) is 18.4 Å². The number of amides is 2. The lowest BCUT2D eigenvalue weighted by molar-refractivity contribution is -0.139. The van der Waals surface area contributed by atoms with Crippen LogP contribution in [0.25, 0.3) is 0 Å². The molecule has 0 atom stereocenters. The Balaban J connectivity index is 1.58. The van der Waals surface area contributed by atoms with Crippen molar-refractivity contribution in [3.63, 3.8) is 0 Å². The van der Waals surface area contributed by atoms with E-state index < -0.39 is 11.8 Å². The van der Waals surface area contributed by atoms with Crippen LogP contribution in [0.2, 0.25) is 0 Å². The van der Waals surface area contributed by atoms with Gasteiger partial charge >= 0.3 is 11.8 Å². The van der Waals surface area contributed by atoms with Crippen LogP contribution in [0.4, 0.5) is 0 Å². The third-order valence-corrected chi connectivity index (χ3v) is 4.62. The van der Waals surface area contributed by atoms with Gasteiger partial charge in [-0.15, -0.1) is 0 Å². The summed E-state index contributed by atoms with van der Waals surface area (Å²) in [6.45, 7) is 4.50. The van der Waals surface area contributed by atoms with E-state index in [0.29, 0.717) is 25.6 Å². The molecular weight excluding hydrogens is 318 g/mol. The van der Waals surface area contributed by atoms with Gasteiger partial charge in [0, 0.05) is 26.7 Å². The Hall–Kier alpha value is -1.92. The van der Waals surface area contributed by atoms with Crippen molar-refractivity contribution in [3.05, 3.63) is 35.9 Å². The highest BCUT2D eigenvalue weighted by molar-refractivity contribution is 6.35. The fraction of sp³-hybridized carbons (Fsp3) is 0.579. The maximum atomic E-state index is 11.7. The largest absolute Gasteiger partial charge is 0.383 e. The first kappa shape index (κ1) is 19.4. The van der Waals surface area contributed by atoms with Crippen molar-refractivity contribution in [1.29, 1.82) is 0 Å². The highest BCUT2D eigenvalue weighted by Gasteiger charge is 2.21. The molecule has 1 aromatic carbocycles. The van der Waals surface area contributed by atoms with E-state index >= 15 is 0 Å². The van der Waals surface area contributed by atoms with Crippen molar-refractivity contribution in [2.45, 2.75) is 19.3 Å². The third kappa shape index (κ3) is 7.23. The minimum atomic E-state index is -0.586. The van der Waals surface area contributed by atoms with E-state index in [9.17, 15) is 9.59 Å². The minimum Gasteiger partial charge on any atom is -0.383 e. The van der Waals surface area contributed by atoms with Gasteiger partial charge in [-0.3, -0.25) is 9.59 Å². The van der Waals surface area contributed by atoms with Gasteiger partial charge in [-0.25, -0.2) is 0 Å². The molecule has 2 N–H and O–H groups in total. The molecule has 1 aliphatic heterocycles. The number of nitrogens with zero attached hydrogens (tertiary/aromatic N) is 1. The Morgan fingerprint density at radius 1 is 1.12 bits per heavy atom. The number of nitrogens with one attached hydrogen (secondary N) is 2. The lowest BCUT2D eigenvalue weighted by Crippen LogP contribution is -2.44. The van der Waals surface area contributed by atoms with E-state index in [0.717, 1.165) is 38.9 Å². The summed E-state index contributed by atoms with van der Waals surface area (Å²) in [5, 5.41) is 5.27. The van der Waals surface area contributed by atoms with Crippen LogP contribution >= 0.6 is 0 Å². The van der Waals surface area contributed by atoms with Crippen molar-refractivity contribution >= 4 is 11.8 Å². The van der Waals surface area contributed by atoms with Crippen molar-refractivity contribution in [2.75, 3.05) is 46.4 Å². The number of methoxy groups -OCH3 is 1. The summed E-state index contributed by atoms with van der Waals surface area (Å²) in [5.41, 5.74) is 1.37. The van der Waals surface area contributed by atoms with E-state index in [1.54, 1.807) is 7.11 Å². The molecule has 0 radical (unpaired) electrons. The van der Waals surface area contributed by atoms with E-state index in [1.165, 1.54) is 5.56 Å². The minimum absolute atomic E-state index is 0.350. The van der Waals surface area contributed by atoms with Crippen LogP contribution in [0.5, 0.6) is 0 Å². The van der Waals surface area contributed by atoms with Crippen molar-refractivity contribution in [3.8, 4) is 0 Å². The predicted molar refractivity (Wildman–Crippen MR) is 97.2 cm³/mol. The standard InChI is InChI=1S/C19H29N3O3/c1-25-14-10-20-18(23)19(24)21-15-17-8-12-22(13-9-17)11-7-16-5-3-2-4-6-16/h2-6,17H,7-15H2,1H3,(H,20,23)(H,21,24). The van der Waals surface area contributed by atoms with Crippen LogP contribution in [-0.4, -0.2) is 63.2 Å². The van der Waals surface area contributed by atoms with Crippen LogP contribution < -0.4 is 10.6 Å². The Bertz CT molecular complexity index is 528. The van der Waals surface area contributed by atoms with Gasteiger partial charge in [0.25, 0.3) is 0 Å². The lowest BCUT2D eigenvalue weighted by atomic mass is 9.96. The van der Waals surface area contributed by atoms with Gasteiger partial charge in [0.2, 0.25) is 0 Å². The maximum Gasteiger partial charge on any atom is 0.309 e. The van der Waals surface area contributed by atoms with Gasteiger partial charge in [0.05, 0.1) is 6.61 Å². The van der Waals surface area contributed by atoms with E-state index in [2.05, 4.69) is 39.8 Å². The smallest absolute Gasteiger partial charge is 0.309 e. The van der Waals surface area contributed by atoms with Crippen LogP contribution in [0, 0.1) is 5.92 Å². The predicted octanol–water partition coefficient (Wildman–Crippen LogP) is 0.820. The molecule has 0 bridgehead atoms. The number of piperidine rings is 1. The highest BCUT2D eigenvalue weighted by Crippen LogP contribution is 2.16. The average Bonchev–Trinajstić information content (AvgIpc) is 2.66. The molecule has 0 unspecified atom stereocenters. The van der Waals surface area contributed by atoms with Crippen molar-refractivity contribution < 1.29 is 14.3 Å². The summed E-state index contributed by atoms with van der Waals surface area (Å²) < 4.78 is 4.83. The maximum absolute atomic E-state index is 11.7. The molecule has 1 heterocycles. The summed E-state index contributed by atoms with van der Waals surface area (Å²) in [5.74, 6) is -0.691. The molecule has 138 valence electrons. The van der Waals surface area contributed by atoms with Gasteiger partial charge < -0.3 is 20.3 Å². The molecule has 1 fully saturated rings. The quantitative estimate of drug-likeness (QED) is 0.540. The topological polar surface area (TPSA) is 70.7 Å². The van der Waals surface area contributed by atoms with Gasteiger partial charge in [-0.2, -0.15) is 0 Å². The van der Waals surface area contributed by atoms with Crippen molar-refractivity contribution in [2.24, 2.45) is 5.92 Å². The molecule has 0 aliphatic carbocycles. The number of likely N-dealkylation sites (tertiary alicyclic amines) is 1. The molecule has 0 spiro atoms. The first-order valence-electron chi connectivity index (χ1n) is 9.00. The molecule has 6 heteroatoms. The number of hydrogen-bond donors (Lipinski definition) is 2. The number of carbonyl (C=O) groups is 2. The molecule has 0 saturated carbocycles. The summed E-state index contributed by atoms with van der Waals surface area (Å²) in [4.78, 5) is 25.8. The zero-order chi connectivity index (χ0) is 17.9. The second kappa shape index (κ2) is 10.8. The summed E-state index contributed by atoms with van der Waals surface area (Å²) in [6.07, 6.45) is 3.19. The fourth-order valence-corrected chi connectivity index (χ4v) is 3.01. The van der Waals surface area contributed by atoms with Gasteiger partial charge in [0.15, 0.2) is 0 Å². The van der Waals surface area contributed by atoms with Crippen LogP contribution in [0.3, 0.4) is 0 Å². The fourth-order valence-electron chi connectivity index (χ4n) is 3.01. The monoisotopic (exact) mass is 347 g/mol. The number of rotatable bonds is 8. The Morgan fingerprint density at radius 2 is 1.80 bits per heavy atom. The molecule has 2 rings (SSSR count). The average molecular weight is 347 g/mol. The molecule has 0 aromatic heterocycles. The molecule has 1 saturated heterocycles. The molecular formula is C19H29N3O3. The highest BCUT2D eigenvalue weighted by atomic mass is 16.5. The van der Waals surface area contributed by atoms with E-state index in [1.807, 2.05) is 6.07 Å². The second-order valence-corrected chi connectivity index (χ2v) is 6.48. The molecule has 1 aliphatic rings. The second-order valence-electron chi connectivity index (χ2n) is 6.48. The molecule has 6 nitrogen and oxygen atoms in total. The summed E-state index contributed by atoms with van der Waals surface area (Å²) >= 11 is 0. The first-order chi connectivity index (χ1) is 12.2. The third-order valence-electron chi connectivity index (χ3n) is 4.62. The number of ether oxygens (including phenoxy) is 1. The Kier molecular flexibility index (Phi) is 8.42. The van der Waals surface area contributed by atoms with Crippen LogP contribution in [-0.2, 0) is 20.7 Å². The molecule has 1 aromatic rings. The van der Waals surface area contributed by atoms with Crippen molar-refractivity contribution in [1.82, 2.24) is 15.5 Å². The normalized spacial score (nSPS) is 15.7. The number of benzene rings is 1. The zero-order valence-corrected chi connectivity index (χ0v) is 15.0. The summed E-state index contributed by atoms with van der Waals surface area (Å²) in [6, 6.07) is 10.5. The van der Waals surface area contributed by atoms with Gasteiger partial charge in [0.1, 0.15) is 0 Å².